The molecular weight excluding hydrogens is 217 g/mol. The lowest BCUT2D eigenvalue weighted by atomic mass is 9.96. The molecule has 0 aliphatic carbocycles. The van der Waals surface area contributed by atoms with Gasteiger partial charge in [-0.2, -0.15) is 0 Å². The van der Waals surface area contributed by atoms with Gasteiger partial charge in [-0.3, -0.25) is 0 Å². The predicted molar refractivity (Wildman–Crippen MR) is 63.1 cm³/mol. The Morgan fingerprint density at radius 3 is 2.36 bits per heavy atom. The Morgan fingerprint density at radius 1 is 1.21 bits per heavy atom. The Hall–Kier alpha value is -0.240. The minimum absolute atomic E-state index is 0.251. The van der Waals surface area contributed by atoms with Crippen LogP contribution in [0.3, 0.4) is 0 Å². The number of halogens is 2. The van der Waals surface area contributed by atoms with E-state index in [2.05, 4.69) is 19.2 Å². The highest BCUT2D eigenvalue weighted by Crippen LogP contribution is 2.30. The second kappa shape index (κ2) is 5.01. The Bertz CT molecular complexity index is 310. The van der Waals surface area contributed by atoms with Gasteiger partial charge in [-0.05, 0) is 36.7 Å². The molecular formula is C11H15Cl2N. The molecule has 1 aromatic rings. The van der Waals surface area contributed by atoms with Gasteiger partial charge in [-0.15, -0.1) is 0 Å². The lowest BCUT2D eigenvalue weighted by molar-refractivity contribution is 0.443. The first-order valence-corrected chi connectivity index (χ1v) is 5.44. The highest BCUT2D eigenvalue weighted by Gasteiger charge is 2.16. The topological polar surface area (TPSA) is 12.0 Å². The Kier molecular flexibility index (Phi) is 4.24. The smallest absolute Gasteiger partial charge is 0.0454 e. The first-order chi connectivity index (χ1) is 6.56. The van der Waals surface area contributed by atoms with Crippen LogP contribution in [0.15, 0.2) is 18.2 Å². The third kappa shape index (κ3) is 2.63. The Balaban J connectivity index is 3.08. The van der Waals surface area contributed by atoms with Gasteiger partial charge in [-0.25, -0.2) is 0 Å². The molecule has 0 aromatic heterocycles. The summed E-state index contributed by atoms with van der Waals surface area (Å²) in [6.07, 6.45) is 0. The number of benzene rings is 1. The zero-order valence-electron chi connectivity index (χ0n) is 8.64. The predicted octanol–water partition coefficient (Wildman–Crippen LogP) is 3.91. The van der Waals surface area contributed by atoms with Crippen molar-refractivity contribution < 1.29 is 0 Å². The summed E-state index contributed by atoms with van der Waals surface area (Å²) in [5.74, 6) is 0.482. The summed E-state index contributed by atoms with van der Waals surface area (Å²) >= 11 is 12.1. The van der Waals surface area contributed by atoms with Gasteiger partial charge in [0.1, 0.15) is 0 Å². The average molecular weight is 232 g/mol. The van der Waals surface area contributed by atoms with Crippen LogP contribution in [-0.2, 0) is 0 Å². The van der Waals surface area contributed by atoms with Gasteiger partial charge in [0.25, 0.3) is 0 Å². The molecule has 0 aliphatic rings. The van der Waals surface area contributed by atoms with E-state index in [0.29, 0.717) is 5.92 Å². The summed E-state index contributed by atoms with van der Waals surface area (Å²) in [5, 5.41) is 4.74. The van der Waals surface area contributed by atoms with Crippen molar-refractivity contribution in [2.45, 2.75) is 19.9 Å². The fraction of sp³-hybridized carbons (Fsp3) is 0.455. The van der Waals surface area contributed by atoms with Crippen LogP contribution in [0.1, 0.15) is 25.5 Å². The van der Waals surface area contributed by atoms with Gasteiger partial charge < -0.3 is 5.32 Å². The maximum Gasteiger partial charge on any atom is 0.0454 e. The SMILES string of the molecule is CNC(c1cc(Cl)ccc1Cl)C(C)C. The van der Waals surface area contributed by atoms with Crippen molar-refractivity contribution in [3.05, 3.63) is 33.8 Å². The van der Waals surface area contributed by atoms with Crippen molar-refractivity contribution in [1.82, 2.24) is 5.32 Å². The summed E-state index contributed by atoms with van der Waals surface area (Å²) in [6.45, 7) is 4.30. The zero-order chi connectivity index (χ0) is 10.7. The van der Waals surface area contributed by atoms with Gasteiger partial charge in [0.2, 0.25) is 0 Å². The van der Waals surface area contributed by atoms with E-state index in [4.69, 9.17) is 23.2 Å². The molecule has 0 radical (unpaired) electrons. The normalized spacial score (nSPS) is 13.3. The molecule has 1 N–H and O–H groups in total. The van der Waals surface area contributed by atoms with Crippen molar-refractivity contribution >= 4 is 23.2 Å². The second-order valence-corrected chi connectivity index (χ2v) is 4.52. The minimum Gasteiger partial charge on any atom is -0.313 e. The van der Waals surface area contributed by atoms with E-state index in [9.17, 15) is 0 Å². The summed E-state index contributed by atoms with van der Waals surface area (Å²) in [4.78, 5) is 0. The van der Waals surface area contributed by atoms with Crippen molar-refractivity contribution in [2.75, 3.05) is 7.05 Å². The van der Waals surface area contributed by atoms with Crippen molar-refractivity contribution in [1.29, 1.82) is 0 Å². The Morgan fingerprint density at radius 2 is 1.86 bits per heavy atom. The third-order valence-corrected chi connectivity index (χ3v) is 2.85. The molecule has 0 heterocycles. The lowest BCUT2D eigenvalue weighted by Gasteiger charge is -2.21. The summed E-state index contributed by atoms with van der Waals surface area (Å²) in [6, 6.07) is 5.82. The molecule has 1 nitrogen and oxygen atoms in total. The second-order valence-electron chi connectivity index (χ2n) is 3.68. The quantitative estimate of drug-likeness (QED) is 0.833. The fourth-order valence-electron chi connectivity index (χ4n) is 1.60. The highest BCUT2D eigenvalue weighted by molar-refractivity contribution is 6.33. The molecule has 0 bridgehead atoms. The van der Waals surface area contributed by atoms with Crippen LogP contribution in [-0.4, -0.2) is 7.05 Å². The molecule has 3 heteroatoms. The van der Waals surface area contributed by atoms with Gasteiger partial charge in [-0.1, -0.05) is 37.0 Å². The van der Waals surface area contributed by atoms with E-state index in [1.807, 2.05) is 19.2 Å². The monoisotopic (exact) mass is 231 g/mol. The fourth-order valence-corrected chi connectivity index (χ4v) is 2.02. The first kappa shape index (κ1) is 11.8. The van der Waals surface area contributed by atoms with E-state index >= 15 is 0 Å². The molecule has 0 fully saturated rings. The number of hydrogen-bond donors (Lipinski definition) is 1. The van der Waals surface area contributed by atoms with E-state index in [-0.39, 0.29) is 6.04 Å². The van der Waals surface area contributed by atoms with Gasteiger partial charge >= 0.3 is 0 Å². The summed E-state index contributed by atoms with van der Waals surface area (Å²) in [7, 11) is 1.93. The number of hydrogen-bond acceptors (Lipinski definition) is 1. The molecule has 0 saturated carbocycles. The molecule has 0 spiro atoms. The molecule has 1 rings (SSSR count). The van der Waals surface area contributed by atoms with Crippen LogP contribution in [0.2, 0.25) is 10.0 Å². The largest absolute Gasteiger partial charge is 0.313 e. The minimum atomic E-state index is 0.251. The molecule has 1 aromatic carbocycles. The summed E-state index contributed by atoms with van der Waals surface area (Å²) < 4.78 is 0. The van der Waals surface area contributed by atoms with Crippen LogP contribution in [0.4, 0.5) is 0 Å². The van der Waals surface area contributed by atoms with E-state index in [1.54, 1.807) is 6.07 Å². The van der Waals surface area contributed by atoms with Crippen molar-refractivity contribution in [3.8, 4) is 0 Å². The molecule has 0 aliphatic heterocycles. The van der Waals surface area contributed by atoms with E-state index in [0.717, 1.165) is 15.6 Å². The van der Waals surface area contributed by atoms with Crippen molar-refractivity contribution in [3.63, 3.8) is 0 Å². The van der Waals surface area contributed by atoms with Crippen LogP contribution >= 0.6 is 23.2 Å². The molecule has 1 unspecified atom stereocenters. The zero-order valence-corrected chi connectivity index (χ0v) is 10.2. The first-order valence-electron chi connectivity index (χ1n) is 4.68. The molecule has 0 saturated heterocycles. The molecule has 14 heavy (non-hydrogen) atoms. The number of rotatable bonds is 3. The van der Waals surface area contributed by atoms with Crippen molar-refractivity contribution in [2.24, 2.45) is 5.92 Å². The highest BCUT2D eigenvalue weighted by atomic mass is 35.5. The lowest BCUT2D eigenvalue weighted by Crippen LogP contribution is -2.21. The Labute approximate surface area is 95.4 Å². The van der Waals surface area contributed by atoms with Crippen LogP contribution < -0.4 is 5.32 Å². The van der Waals surface area contributed by atoms with Crippen LogP contribution in [0, 0.1) is 5.92 Å². The average Bonchev–Trinajstić information content (AvgIpc) is 2.11. The molecule has 1 atom stereocenters. The van der Waals surface area contributed by atoms with Crippen LogP contribution in [0.5, 0.6) is 0 Å². The van der Waals surface area contributed by atoms with Gasteiger partial charge in [0.15, 0.2) is 0 Å². The summed E-state index contributed by atoms with van der Waals surface area (Å²) in [5.41, 5.74) is 1.07. The van der Waals surface area contributed by atoms with Gasteiger partial charge in [0.05, 0.1) is 0 Å². The maximum atomic E-state index is 6.12. The number of nitrogens with one attached hydrogen (secondary N) is 1. The van der Waals surface area contributed by atoms with Crippen LogP contribution in [0.25, 0.3) is 0 Å². The maximum absolute atomic E-state index is 6.12. The molecule has 0 amide bonds. The van der Waals surface area contributed by atoms with E-state index < -0.39 is 0 Å². The van der Waals surface area contributed by atoms with Gasteiger partial charge in [0, 0.05) is 16.1 Å². The molecule has 78 valence electrons. The standard InChI is InChI=1S/C11H15Cl2N/c1-7(2)11(14-3)9-6-8(12)4-5-10(9)13/h4-7,11,14H,1-3H3. The third-order valence-electron chi connectivity index (χ3n) is 2.27. The van der Waals surface area contributed by atoms with E-state index in [1.165, 1.54) is 0 Å².